The maximum absolute atomic E-state index is 12.2. The number of carbonyl (C=O) groups is 1. The number of benzene rings is 2. The van der Waals surface area contributed by atoms with Gasteiger partial charge < -0.3 is 5.32 Å². The summed E-state index contributed by atoms with van der Waals surface area (Å²) in [6, 6.07) is 24.0. The number of thioether (sulfide) groups is 1. The zero-order valence-electron chi connectivity index (χ0n) is 16.5. The number of fused-ring (bicyclic) bond motifs is 1. The number of hydrogen-bond acceptors (Lipinski definition) is 5. The van der Waals surface area contributed by atoms with Gasteiger partial charge in [-0.3, -0.25) is 9.69 Å². The molecule has 150 valence electrons. The molecule has 0 saturated carbocycles. The van der Waals surface area contributed by atoms with Gasteiger partial charge in [0.2, 0.25) is 5.91 Å². The lowest BCUT2D eigenvalue weighted by Crippen LogP contribution is -2.31. The average Bonchev–Trinajstić information content (AvgIpc) is 2.78. The molecule has 0 bridgehead atoms. The fourth-order valence-electron chi connectivity index (χ4n) is 3.53. The SMILES string of the molecule is N#Cc1cc2c(nc1SCC(=O)Nc1ccccc1)CCN(Cc1ccccc1)C2. The minimum absolute atomic E-state index is 0.108. The smallest absolute Gasteiger partial charge is 0.234 e. The Kier molecular flexibility index (Phi) is 6.43. The minimum Gasteiger partial charge on any atom is -0.325 e. The van der Waals surface area contributed by atoms with Gasteiger partial charge in [0.25, 0.3) is 0 Å². The number of rotatable bonds is 6. The molecule has 0 radical (unpaired) electrons. The van der Waals surface area contributed by atoms with Gasteiger partial charge in [0.15, 0.2) is 0 Å². The van der Waals surface area contributed by atoms with E-state index in [0.29, 0.717) is 10.6 Å². The molecule has 0 spiro atoms. The van der Waals surface area contributed by atoms with Gasteiger partial charge in [-0.25, -0.2) is 4.98 Å². The van der Waals surface area contributed by atoms with E-state index in [4.69, 9.17) is 4.98 Å². The Bertz CT molecular complexity index is 1060. The monoisotopic (exact) mass is 414 g/mol. The van der Waals surface area contributed by atoms with Crippen LogP contribution in [0.15, 0.2) is 71.8 Å². The first kappa shape index (κ1) is 20.1. The highest BCUT2D eigenvalue weighted by Gasteiger charge is 2.20. The number of hydrogen-bond donors (Lipinski definition) is 1. The lowest BCUT2D eigenvalue weighted by atomic mass is 10.0. The van der Waals surface area contributed by atoms with Crippen LogP contribution < -0.4 is 5.32 Å². The van der Waals surface area contributed by atoms with E-state index in [0.717, 1.165) is 43.0 Å². The number of aromatic nitrogens is 1. The molecule has 0 atom stereocenters. The molecule has 3 aromatic rings. The van der Waals surface area contributed by atoms with E-state index in [2.05, 4.69) is 40.6 Å². The second-order valence-electron chi connectivity index (χ2n) is 7.21. The molecular formula is C24H22N4OS. The van der Waals surface area contributed by atoms with Crippen molar-refractivity contribution < 1.29 is 4.79 Å². The fraction of sp³-hybridized carbons (Fsp3) is 0.208. The molecule has 4 rings (SSSR count). The number of anilines is 1. The van der Waals surface area contributed by atoms with Crippen molar-refractivity contribution in [2.24, 2.45) is 0 Å². The highest BCUT2D eigenvalue weighted by atomic mass is 32.2. The summed E-state index contributed by atoms with van der Waals surface area (Å²) in [7, 11) is 0. The number of nitrogens with one attached hydrogen (secondary N) is 1. The van der Waals surface area contributed by atoms with Crippen LogP contribution in [0.1, 0.15) is 22.4 Å². The number of carbonyl (C=O) groups excluding carboxylic acids is 1. The van der Waals surface area contributed by atoms with Gasteiger partial charge in [0.1, 0.15) is 11.1 Å². The summed E-state index contributed by atoms with van der Waals surface area (Å²) in [6.45, 7) is 2.60. The van der Waals surface area contributed by atoms with Gasteiger partial charge in [-0.05, 0) is 29.3 Å². The lowest BCUT2D eigenvalue weighted by Gasteiger charge is -2.28. The average molecular weight is 415 g/mol. The van der Waals surface area contributed by atoms with Crippen molar-refractivity contribution in [2.45, 2.75) is 24.5 Å². The summed E-state index contributed by atoms with van der Waals surface area (Å²) < 4.78 is 0. The molecule has 2 heterocycles. The van der Waals surface area contributed by atoms with Gasteiger partial charge in [0, 0.05) is 37.4 Å². The van der Waals surface area contributed by atoms with Crippen molar-refractivity contribution in [1.29, 1.82) is 5.26 Å². The molecule has 2 aromatic carbocycles. The van der Waals surface area contributed by atoms with Crippen LogP contribution in [0.3, 0.4) is 0 Å². The molecule has 1 aliphatic heterocycles. The predicted molar refractivity (Wildman–Crippen MR) is 119 cm³/mol. The number of pyridine rings is 1. The summed E-state index contributed by atoms with van der Waals surface area (Å²) in [4.78, 5) is 19.4. The minimum atomic E-state index is -0.108. The van der Waals surface area contributed by atoms with Crippen LogP contribution >= 0.6 is 11.8 Å². The second kappa shape index (κ2) is 9.57. The van der Waals surface area contributed by atoms with Crippen LogP contribution in [0.5, 0.6) is 0 Å². The van der Waals surface area contributed by atoms with E-state index in [1.807, 2.05) is 42.5 Å². The molecular weight excluding hydrogens is 392 g/mol. The van der Waals surface area contributed by atoms with Crippen molar-refractivity contribution in [2.75, 3.05) is 17.6 Å². The van der Waals surface area contributed by atoms with E-state index in [9.17, 15) is 10.1 Å². The first-order valence-corrected chi connectivity index (χ1v) is 10.9. The maximum atomic E-state index is 12.2. The van der Waals surface area contributed by atoms with Crippen LogP contribution in [0.25, 0.3) is 0 Å². The summed E-state index contributed by atoms with van der Waals surface area (Å²) in [6.07, 6.45) is 0.845. The molecule has 1 amide bonds. The third kappa shape index (κ3) is 5.07. The van der Waals surface area contributed by atoms with E-state index in [-0.39, 0.29) is 11.7 Å². The Morgan fingerprint density at radius 2 is 1.87 bits per heavy atom. The summed E-state index contributed by atoms with van der Waals surface area (Å²) in [5.74, 6) is 0.110. The molecule has 5 nitrogen and oxygen atoms in total. The van der Waals surface area contributed by atoms with Gasteiger partial charge in [-0.15, -0.1) is 0 Å². The van der Waals surface area contributed by atoms with Crippen LogP contribution in [-0.2, 0) is 24.3 Å². The fourth-order valence-corrected chi connectivity index (χ4v) is 4.31. The normalized spacial score (nSPS) is 13.3. The number of nitriles is 1. The van der Waals surface area contributed by atoms with E-state index in [1.165, 1.54) is 17.3 Å². The molecule has 1 N–H and O–H groups in total. The Labute approximate surface area is 180 Å². The zero-order valence-corrected chi connectivity index (χ0v) is 17.4. The Morgan fingerprint density at radius 3 is 2.60 bits per heavy atom. The van der Waals surface area contributed by atoms with Crippen molar-refractivity contribution in [3.63, 3.8) is 0 Å². The Hall–Kier alpha value is -3.14. The van der Waals surface area contributed by atoms with Gasteiger partial charge >= 0.3 is 0 Å². The van der Waals surface area contributed by atoms with Gasteiger partial charge in [0.05, 0.1) is 11.3 Å². The molecule has 0 fully saturated rings. The highest BCUT2D eigenvalue weighted by molar-refractivity contribution is 8.00. The number of amides is 1. The summed E-state index contributed by atoms with van der Waals surface area (Å²) >= 11 is 1.32. The first-order valence-electron chi connectivity index (χ1n) is 9.88. The van der Waals surface area contributed by atoms with E-state index < -0.39 is 0 Å². The van der Waals surface area contributed by atoms with Crippen LogP contribution in [0, 0.1) is 11.3 Å². The zero-order chi connectivity index (χ0) is 20.8. The number of nitrogens with zero attached hydrogens (tertiary/aromatic N) is 3. The molecule has 30 heavy (non-hydrogen) atoms. The molecule has 0 unspecified atom stereocenters. The molecule has 6 heteroatoms. The summed E-state index contributed by atoms with van der Waals surface area (Å²) in [5.41, 5.74) is 4.72. The van der Waals surface area contributed by atoms with Crippen LogP contribution in [0.2, 0.25) is 0 Å². The maximum Gasteiger partial charge on any atom is 0.234 e. The number of para-hydroxylation sites is 1. The first-order chi connectivity index (χ1) is 14.7. The molecule has 1 aromatic heterocycles. The second-order valence-corrected chi connectivity index (χ2v) is 8.17. The largest absolute Gasteiger partial charge is 0.325 e. The van der Waals surface area contributed by atoms with E-state index >= 15 is 0 Å². The van der Waals surface area contributed by atoms with Gasteiger partial charge in [-0.2, -0.15) is 5.26 Å². The van der Waals surface area contributed by atoms with Crippen molar-refractivity contribution in [3.8, 4) is 6.07 Å². The van der Waals surface area contributed by atoms with Crippen molar-refractivity contribution in [3.05, 3.63) is 89.1 Å². The molecule has 1 aliphatic rings. The van der Waals surface area contributed by atoms with Gasteiger partial charge in [-0.1, -0.05) is 60.3 Å². The predicted octanol–water partition coefficient (Wildman–Crippen LogP) is 4.24. The lowest BCUT2D eigenvalue weighted by molar-refractivity contribution is -0.113. The third-order valence-electron chi connectivity index (χ3n) is 4.98. The summed E-state index contributed by atoms with van der Waals surface area (Å²) in [5, 5.41) is 13.1. The highest BCUT2D eigenvalue weighted by Crippen LogP contribution is 2.27. The standard InChI is InChI=1S/C24H22N4OS/c25-14-19-13-20-16-28(15-18-7-3-1-4-8-18)12-11-22(20)27-24(19)30-17-23(29)26-21-9-5-2-6-10-21/h1-10,13H,11-12,15-17H2,(H,26,29). The molecule has 0 saturated heterocycles. The molecule has 0 aliphatic carbocycles. The Morgan fingerprint density at radius 1 is 1.13 bits per heavy atom. The quantitative estimate of drug-likeness (QED) is 0.611. The van der Waals surface area contributed by atoms with Crippen LogP contribution in [-0.4, -0.2) is 28.1 Å². The van der Waals surface area contributed by atoms with Crippen molar-refractivity contribution >= 4 is 23.4 Å². The van der Waals surface area contributed by atoms with Crippen molar-refractivity contribution in [1.82, 2.24) is 9.88 Å². The Balaban J connectivity index is 1.41. The van der Waals surface area contributed by atoms with Crippen LogP contribution in [0.4, 0.5) is 5.69 Å². The van der Waals surface area contributed by atoms with E-state index in [1.54, 1.807) is 0 Å². The topological polar surface area (TPSA) is 69.0 Å². The third-order valence-corrected chi connectivity index (χ3v) is 5.97.